The van der Waals surface area contributed by atoms with E-state index in [0.717, 1.165) is 18.2 Å². The average Bonchev–Trinajstić information content (AvgIpc) is 2.82. The smallest absolute Gasteiger partial charge is 0.307 e. The molecule has 3 rings (SSSR count). The van der Waals surface area contributed by atoms with Crippen LogP contribution >= 0.6 is 0 Å². The third-order valence-electron chi connectivity index (χ3n) is 5.51. The molecular formula is C22H26FN3O5. The van der Waals surface area contributed by atoms with Crippen molar-refractivity contribution in [1.29, 1.82) is 0 Å². The fourth-order valence-electron chi connectivity index (χ4n) is 3.81. The Bertz CT molecular complexity index is 948. The van der Waals surface area contributed by atoms with Gasteiger partial charge in [-0.25, -0.2) is 4.39 Å². The maximum absolute atomic E-state index is 13.3. The van der Waals surface area contributed by atoms with Gasteiger partial charge in [-0.1, -0.05) is 24.3 Å². The summed E-state index contributed by atoms with van der Waals surface area (Å²) in [6.07, 6.45) is 1.50. The molecule has 0 saturated carbocycles. The first kappa shape index (κ1) is 22.6. The number of methoxy groups -OCH3 is 1. The Labute approximate surface area is 179 Å². The van der Waals surface area contributed by atoms with Crippen LogP contribution in [0.3, 0.4) is 0 Å². The van der Waals surface area contributed by atoms with Gasteiger partial charge >= 0.3 is 5.97 Å². The van der Waals surface area contributed by atoms with Crippen molar-refractivity contribution in [3.8, 4) is 0 Å². The van der Waals surface area contributed by atoms with E-state index in [1.54, 1.807) is 12.3 Å². The van der Waals surface area contributed by atoms with Crippen LogP contribution in [-0.4, -0.2) is 71.3 Å². The van der Waals surface area contributed by atoms with Crippen molar-refractivity contribution in [1.82, 2.24) is 15.2 Å². The number of carbonyl (C=O) groups is 3. The molecule has 1 aromatic heterocycles. The number of benzene rings is 1. The van der Waals surface area contributed by atoms with Gasteiger partial charge in [0.25, 0.3) is 5.91 Å². The number of fused-ring (bicyclic) bond motifs is 1. The van der Waals surface area contributed by atoms with Crippen LogP contribution in [0.2, 0.25) is 0 Å². The highest BCUT2D eigenvalue weighted by Gasteiger charge is 2.36. The van der Waals surface area contributed by atoms with Gasteiger partial charge in [0.05, 0.1) is 19.6 Å². The summed E-state index contributed by atoms with van der Waals surface area (Å²) in [6, 6.07) is 7.21. The largest absolute Gasteiger partial charge is 0.469 e. The molecule has 1 fully saturated rings. The molecule has 0 spiro atoms. The molecule has 1 aliphatic rings. The molecule has 1 aliphatic heterocycles. The minimum Gasteiger partial charge on any atom is -0.469 e. The lowest BCUT2D eigenvalue weighted by molar-refractivity contribution is -0.142. The van der Waals surface area contributed by atoms with Gasteiger partial charge in [-0.2, -0.15) is 0 Å². The maximum atomic E-state index is 13.3. The highest BCUT2D eigenvalue weighted by atomic mass is 19.1. The van der Waals surface area contributed by atoms with E-state index < -0.39 is 36.7 Å². The van der Waals surface area contributed by atoms with E-state index in [-0.39, 0.29) is 18.0 Å². The number of ether oxygens (including phenoxy) is 1. The summed E-state index contributed by atoms with van der Waals surface area (Å²) in [5.74, 6) is -1.60. The second-order valence-corrected chi connectivity index (χ2v) is 7.51. The molecule has 8 nitrogen and oxygen atoms in total. The van der Waals surface area contributed by atoms with E-state index in [0.29, 0.717) is 18.4 Å². The Morgan fingerprint density at radius 1 is 1.29 bits per heavy atom. The highest BCUT2D eigenvalue weighted by Crippen LogP contribution is 2.23. The Morgan fingerprint density at radius 2 is 2.06 bits per heavy atom. The fourth-order valence-corrected chi connectivity index (χ4v) is 3.81. The van der Waals surface area contributed by atoms with Gasteiger partial charge in [0.1, 0.15) is 24.5 Å². The topological polar surface area (TPSA) is 109 Å². The number of aromatic nitrogens is 1. The zero-order valence-corrected chi connectivity index (χ0v) is 17.3. The Kier molecular flexibility index (Phi) is 7.51. The molecule has 2 N–H and O–H groups in total. The number of rotatable bonds is 7. The summed E-state index contributed by atoms with van der Waals surface area (Å²) >= 11 is 0. The number of amides is 2. The number of aliphatic hydroxyl groups is 1. The predicted molar refractivity (Wildman–Crippen MR) is 111 cm³/mol. The lowest BCUT2D eigenvalue weighted by Crippen LogP contribution is -2.56. The van der Waals surface area contributed by atoms with Crippen molar-refractivity contribution >= 4 is 28.6 Å². The van der Waals surface area contributed by atoms with Crippen molar-refractivity contribution in [2.24, 2.45) is 0 Å². The van der Waals surface area contributed by atoms with Crippen molar-refractivity contribution < 1.29 is 28.6 Å². The predicted octanol–water partition coefficient (Wildman–Crippen LogP) is 1.61. The van der Waals surface area contributed by atoms with E-state index in [1.165, 1.54) is 12.0 Å². The molecule has 2 unspecified atom stereocenters. The van der Waals surface area contributed by atoms with Crippen LogP contribution in [0.15, 0.2) is 36.5 Å². The molecule has 31 heavy (non-hydrogen) atoms. The molecule has 1 saturated heterocycles. The van der Waals surface area contributed by atoms with Gasteiger partial charge in [0, 0.05) is 18.1 Å². The summed E-state index contributed by atoms with van der Waals surface area (Å²) in [5.41, 5.74) is 0.257. The first-order valence-electron chi connectivity index (χ1n) is 10.2. The number of carbonyl (C=O) groups excluding carboxylic acids is 3. The number of pyridine rings is 1. The van der Waals surface area contributed by atoms with E-state index >= 15 is 0 Å². The molecule has 2 amide bonds. The number of hydrogen-bond acceptors (Lipinski definition) is 6. The van der Waals surface area contributed by atoms with Crippen molar-refractivity contribution in [3.63, 3.8) is 0 Å². The van der Waals surface area contributed by atoms with Crippen LogP contribution in [0.4, 0.5) is 4.39 Å². The molecular weight excluding hydrogens is 405 g/mol. The molecule has 166 valence electrons. The summed E-state index contributed by atoms with van der Waals surface area (Å²) in [7, 11) is 1.17. The van der Waals surface area contributed by atoms with E-state index in [9.17, 15) is 23.9 Å². The van der Waals surface area contributed by atoms with E-state index in [1.807, 2.05) is 24.3 Å². The standard InChI is InChI=1S/C22H26FN3O5/c1-31-19(28)12-16(18(27)13-23)25-21(29)17-8-4-5-11-26(17)22(30)20-15-7-3-2-6-14(15)9-10-24-20/h2-3,6-7,9-10,16-18,27H,4-5,8,11-13H2,1H3,(H,25,29)/t16?,17-,18?/m0/s1. The Morgan fingerprint density at radius 3 is 2.81 bits per heavy atom. The van der Waals surface area contributed by atoms with E-state index in [2.05, 4.69) is 15.0 Å². The highest BCUT2D eigenvalue weighted by molar-refractivity contribution is 6.06. The second-order valence-electron chi connectivity index (χ2n) is 7.51. The van der Waals surface area contributed by atoms with E-state index in [4.69, 9.17) is 0 Å². The summed E-state index contributed by atoms with van der Waals surface area (Å²) in [5, 5.41) is 14.0. The van der Waals surface area contributed by atoms with Gasteiger partial charge in [-0.3, -0.25) is 19.4 Å². The number of aliphatic hydroxyl groups excluding tert-OH is 1. The van der Waals surface area contributed by atoms with Crippen molar-refractivity contribution in [3.05, 3.63) is 42.2 Å². The van der Waals surface area contributed by atoms with Crippen molar-refractivity contribution in [2.45, 2.75) is 43.9 Å². The fraction of sp³-hybridized carbons (Fsp3) is 0.455. The van der Waals surface area contributed by atoms with Crippen molar-refractivity contribution in [2.75, 3.05) is 20.3 Å². The van der Waals surface area contributed by atoms with Gasteiger partial charge < -0.3 is 20.1 Å². The number of hydrogen-bond donors (Lipinski definition) is 2. The number of nitrogens with one attached hydrogen (secondary N) is 1. The molecule has 2 heterocycles. The average molecular weight is 431 g/mol. The van der Waals surface area contributed by atoms with Crippen LogP contribution < -0.4 is 5.32 Å². The zero-order chi connectivity index (χ0) is 22.4. The SMILES string of the molecule is COC(=O)CC(NC(=O)[C@@H]1CCCCN1C(=O)c1nccc2ccccc12)C(O)CF. The molecule has 3 atom stereocenters. The Hall–Kier alpha value is -3.07. The second kappa shape index (κ2) is 10.3. The lowest BCUT2D eigenvalue weighted by atomic mass is 9.98. The molecule has 0 bridgehead atoms. The number of alkyl halides is 1. The quantitative estimate of drug-likeness (QED) is 0.645. The molecule has 0 aliphatic carbocycles. The minimum atomic E-state index is -1.56. The van der Waals surface area contributed by atoms with Crippen LogP contribution in [0, 0.1) is 0 Å². The minimum absolute atomic E-state index is 0.257. The number of piperidine rings is 1. The van der Waals surface area contributed by atoms with Crippen LogP contribution in [0.1, 0.15) is 36.2 Å². The molecule has 9 heteroatoms. The van der Waals surface area contributed by atoms with Crippen LogP contribution in [0.25, 0.3) is 10.8 Å². The molecule has 2 aromatic rings. The number of likely N-dealkylation sites (tertiary alicyclic amines) is 1. The van der Waals surface area contributed by atoms with Gasteiger partial charge in [0.15, 0.2) is 0 Å². The van der Waals surface area contributed by atoms with Crippen LogP contribution in [-0.2, 0) is 14.3 Å². The lowest BCUT2D eigenvalue weighted by Gasteiger charge is -2.36. The monoisotopic (exact) mass is 431 g/mol. The molecule has 0 radical (unpaired) electrons. The number of nitrogens with zero attached hydrogens (tertiary/aromatic N) is 2. The summed E-state index contributed by atoms with van der Waals surface area (Å²) in [4.78, 5) is 43.6. The summed E-state index contributed by atoms with van der Waals surface area (Å²) in [6.45, 7) is -0.760. The van der Waals surface area contributed by atoms with Gasteiger partial charge in [-0.15, -0.1) is 0 Å². The third kappa shape index (κ3) is 5.16. The zero-order valence-electron chi connectivity index (χ0n) is 17.3. The Balaban J connectivity index is 1.83. The maximum Gasteiger partial charge on any atom is 0.307 e. The summed E-state index contributed by atoms with van der Waals surface area (Å²) < 4.78 is 17.6. The first-order chi connectivity index (χ1) is 15.0. The normalized spacial score (nSPS) is 18.3. The number of esters is 1. The number of halogens is 1. The van der Waals surface area contributed by atoms with Gasteiger partial charge in [-0.05, 0) is 30.7 Å². The first-order valence-corrected chi connectivity index (χ1v) is 10.2. The van der Waals surface area contributed by atoms with Crippen LogP contribution in [0.5, 0.6) is 0 Å². The molecule has 1 aromatic carbocycles. The van der Waals surface area contributed by atoms with Gasteiger partial charge in [0.2, 0.25) is 5.91 Å². The third-order valence-corrected chi connectivity index (χ3v) is 5.51.